The molecular formula is C14H29NOS. The number of rotatable bonds is 8. The predicted octanol–water partition coefficient (Wildman–Crippen LogP) is 3.31. The van der Waals surface area contributed by atoms with Crippen molar-refractivity contribution in [3.63, 3.8) is 0 Å². The average molecular weight is 259 g/mol. The second-order valence-electron chi connectivity index (χ2n) is 5.64. The molecule has 2 nitrogen and oxygen atoms in total. The first kappa shape index (κ1) is 15.3. The summed E-state index contributed by atoms with van der Waals surface area (Å²) >= 11 is 2.09. The van der Waals surface area contributed by atoms with E-state index in [1.54, 1.807) is 0 Å². The van der Waals surface area contributed by atoms with Gasteiger partial charge < -0.3 is 10.1 Å². The second kappa shape index (κ2) is 8.39. The van der Waals surface area contributed by atoms with Crippen LogP contribution in [0.1, 0.15) is 46.5 Å². The number of hydrogen-bond donors (Lipinski definition) is 1. The number of unbranched alkanes of at least 4 members (excludes halogenated alkanes) is 1. The first-order valence-electron chi connectivity index (χ1n) is 7.05. The van der Waals surface area contributed by atoms with Gasteiger partial charge in [0.1, 0.15) is 0 Å². The number of nitrogens with one attached hydrogen (secondary N) is 1. The molecule has 1 aliphatic rings. The van der Waals surface area contributed by atoms with E-state index >= 15 is 0 Å². The number of ether oxygens (including phenoxy) is 1. The van der Waals surface area contributed by atoms with Crippen molar-refractivity contribution in [3.05, 3.63) is 0 Å². The van der Waals surface area contributed by atoms with Gasteiger partial charge in [-0.25, -0.2) is 0 Å². The summed E-state index contributed by atoms with van der Waals surface area (Å²) in [5, 5.41) is 3.70. The monoisotopic (exact) mass is 259 g/mol. The fourth-order valence-electron chi connectivity index (χ4n) is 2.07. The zero-order valence-corrected chi connectivity index (χ0v) is 12.6. The van der Waals surface area contributed by atoms with Crippen LogP contribution in [0.15, 0.2) is 0 Å². The molecule has 1 fully saturated rings. The molecule has 1 aliphatic heterocycles. The smallest absolute Gasteiger partial charge is 0.0478 e. The van der Waals surface area contributed by atoms with Gasteiger partial charge >= 0.3 is 0 Å². The van der Waals surface area contributed by atoms with Gasteiger partial charge in [0.15, 0.2) is 0 Å². The first-order chi connectivity index (χ1) is 8.17. The fraction of sp³-hybridized carbons (Fsp3) is 1.00. The minimum atomic E-state index is 0.467. The summed E-state index contributed by atoms with van der Waals surface area (Å²) in [4.78, 5) is 0. The highest BCUT2D eigenvalue weighted by molar-refractivity contribution is 7.99. The molecule has 0 radical (unpaired) electrons. The van der Waals surface area contributed by atoms with E-state index in [0.717, 1.165) is 26.2 Å². The Hall–Kier alpha value is 0.270. The molecule has 0 aliphatic carbocycles. The number of hydrogen-bond acceptors (Lipinski definition) is 3. The SMILES string of the molecule is CCCCOCCCNC1CSCCC1(C)C. The van der Waals surface area contributed by atoms with Crippen molar-refractivity contribution in [2.75, 3.05) is 31.3 Å². The van der Waals surface area contributed by atoms with Crippen LogP contribution >= 0.6 is 11.8 Å². The lowest BCUT2D eigenvalue weighted by atomic mass is 9.82. The molecule has 1 atom stereocenters. The molecule has 0 amide bonds. The van der Waals surface area contributed by atoms with E-state index < -0.39 is 0 Å². The Labute approximate surface area is 111 Å². The van der Waals surface area contributed by atoms with E-state index in [9.17, 15) is 0 Å². The summed E-state index contributed by atoms with van der Waals surface area (Å²) in [6.07, 6.45) is 4.90. The van der Waals surface area contributed by atoms with E-state index in [0.29, 0.717) is 11.5 Å². The zero-order valence-electron chi connectivity index (χ0n) is 11.8. The third-order valence-corrected chi connectivity index (χ3v) is 4.68. The average Bonchev–Trinajstić information content (AvgIpc) is 2.29. The molecule has 3 heteroatoms. The molecule has 1 N–H and O–H groups in total. The minimum Gasteiger partial charge on any atom is -0.381 e. The van der Waals surface area contributed by atoms with Gasteiger partial charge in [0.05, 0.1) is 0 Å². The lowest BCUT2D eigenvalue weighted by Crippen LogP contribution is -2.47. The van der Waals surface area contributed by atoms with E-state index in [1.807, 2.05) is 0 Å². The quantitative estimate of drug-likeness (QED) is 0.676. The maximum Gasteiger partial charge on any atom is 0.0478 e. The second-order valence-corrected chi connectivity index (χ2v) is 6.79. The normalized spacial score (nSPS) is 23.8. The van der Waals surface area contributed by atoms with Gasteiger partial charge in [0.25, 0.3) is 0 Å². The van der Waals surface area contributed by atoms with Gasteiger partial charge in [0, 0.05) is 25.0 Å². The van der Waals surface area contributed by atoms with Crippen molar-refractivity contribution in [2.24, 2.45) is 5.41 Å². The molecule has 17 heavy (non-hydrogen) atoms. The molecule has 1 unspecified atom stereocenters. The van der Waals surface area contributed by atoms with Gasteiger partial charge in [-0.2, -0.15) is 11.8 Å². The molecule has 0 bridgehead atoms. The van der Waals surface area contributed by atoms with Crippen molar-refractivity contribution < 1.29 is 4.74 Å². The Kier molecular flexibility index (Phi) is 7.56. The zero-order chi connectivity index (χ0) is 12.6. The van der Waals surface area contributed by atoms with Gasteiger partial charge in [-0.05, 0) is 37.0 Å². The molecular weight excluding hydrogens is 230 g/mol. The van der Waals surface area contributed by atoms with Gasteiger partial charge in [-0.3, -0.25) is 0 Å². The third kappa shape index (κ3) is 6.12. The van der Waals surface area contributed by atoms with Crippen LogP contribution in [-0.4, -0.2) is 37.3 Å². The van der Waals surface area contributed by atoms with Crippen LogP contribution in [0.25, 0.3) is 0 Å². The van der Waals surface area contributed by atoms with Crippen LogP contribution in [0.2, 0.25) is 0 Å². The Bertz CT molecular complexity index is 197. The molecule has 0 aromatic heterocycles. The van der Waals surface area contributed by atoms with E-state index in [-0.39, 0.29) is 0 Å². The topological polar surface area (TPSA) is 21.3 Å². The molecule has 0 saturated carbocycles. The molecule has 0 aromatic rings. The van der Waals surface area contributed by atoms with Crippen LogP contribution < -0.4 is 5.32 Å². The molecule has 0 aromatic carbocycles. The molecule has 0 spiro atoms. The maximum absolute atomic E-state index is 5.57. The summed E-state index contributed by atoms with van der Waals surface area (Å²) in [6, 6.07) is 0.678. The van der Waals surface area contributed by atoms with Crippen LogP contribution in [0, 0.1) is 5.41 Å². The van der Waals surface area contributed by atoms with Crippen LogP contribution in [0.3, 0.4) is 0 Å². The van der Waals surface area contributed by atoms with Crippen LogP contribution in [0.5, 0.6) is 0 Å². The Morgan fingerprint density at radius 1 is 1.29 bits per heavy atom. The highest BCUT2D eigenvalue weighted by Gasteiger charge is 2.31. The van der Waals surface area contributed by atoms with E-state index in [1.165, 1.54) is 30.8 Å². The van der Waals surface area contributed by atoms with Gasteiger partial charge in [0.2, 0.25) is 0 Å². The summed E-state index contributed by atoms with van der Waals surface area (Å²) in [5.41, 5.74) is 0.467. The van der Waals surface area contributed by atoms with Crippen molar-refractivity contribution in [3.8, 4) is 0 Å². The van der Waals surface area contributed by atoms with Crippen LogP contribution in [-0.2, 0) is 4.74 Å². The lowest BCUT2D eigenvalue weighted by molar-refractivity contribution is 0.126. The molecule has 1 heterocycles. The molecule has 1 rings (SSSR count). The van der Waals surface area contributed by atoms with Crippen molar-refractivity contribution >= 4 is 11.8 Å². The van der Waals surface area contributed by atoms with Crippen molar-refractivity contribution in [1.29, 1.82) is 0 Å². The van der Waals surface area contributed by atoms with E-state index in [2.05, 4.69) is 37.8 Å². The summed E-state index contributed by atoms with van der Waals surface area (Å²) in [7, 11) is 0. The highest BCUT2D eigenvalue weighted by Crippen LogP contribution is 2.33. The largest absolute Gasteiger partial charge is 0.381 e. The molecule has 102 valence electrons. The Morgan fingerprint density at radius 3 is 2.76 bits per heavy atom. The summed E-state index contributed by atoms with van der Waals surface area (Å²) in [6.45, 7) is 9.92. The minimum absolute atomic E-state index is 0.467. The maximum atomic E-state index is 5.57. The lowest BCUT2D eigenvalue weighted by Gasteiger charge is -2.38. The Balaban J connectivity index is 2.01. The van der Waals surface area contributed by atoms with Gasteiger partial charge in [-0.15, -0.1) is 0 Å². The summed E-state index contributed by atoms with van der Waals surface area (Å²) < 4.78 is 5.57. The first-order valence-corrected chi connectivity index (χ1v) is 8.21. The van der Waals surface area contributed by atoms with Gasteiger partial charge in [-0.1, -0.05) is 27.2 Å². The third-order valence-electron chi connectivity index (χ3n) is 3.62. The van der Waals surface area contributed by atoms with Crippen molar-refractivity contribution in [1.82, 2.24) is 5.32 Å². The number of thioether (sulfide) groups is 1. The highest BCUT2D eigenvalue weighted by atomic mass is 32.2. The van der Waals surface area contributed by atoms with Crippen LogP contribution in [0.4, 0.5) is 0 Å². The predicted molar refractivity (Wildman–Crippen MR) is 77.9 cm³/mol. The Morgan fingerprint density at radius 2 is 2.06 bits per heavy atom. The fourth-order valence-corrected chi connectivity index (χ4v) is 3.71. The summed E-state index contributed by atoms with van der Waals surface area (Å²) in [5.74, 6) is 2.59. The van der Waals surface area contributed by atoms with E-state index in [4.69, 9.17) is 4.74 Å². The molecule has 1 saturated heterocycles. The standard InChI is InChI=1S/C14H29NOS/c1-4-5-9-16-10-6-8-15-13-12-17-11-7-14(13,2)3/h13,15H,4-12H2,1-3H3. The van der Waals surface area contributed by atoms with Crippen molar-refractivity contribution in [2.45, 2.75) is 52.5 Å².